The first-order chi connectivity index (χ1) is 18.7. The van der Waals surface area contributed by atoms with Gasteiger partial charge < -0.3 is 14.7 Å². The Hall–Kier alpha value is -3.89. The average molecular weight is 506 g/mol. The van der Waals surface area contributed by atoms with Crippen molar-refractivity contribution in [3.05, 3.63) is 131 Å². The molecule has 0 aliphatic carbocycles. The van der Waals surface area contributed by atoms with Crippen LogP contribution in [0.25, 0.3) is 0 Å². The zero-order valence-electron chi connectivity index (χ0n) is 21.8. The van der Waals surface area contributed by atoms with Crippen molar-refractivity contribution in [2.24, 2.45) is 0 Å². The van der Waals surface area contributed by atoms with Crippen molar-refractivity contribution in [3.63, 3.8) is 0 Å². The molecule has 1 heterocycles. The normalized spacial score (nSPS) is 13.6. The number of carboxylic acid groups (broad SMARTS) is 1. The topological polar surface area (TPSA) is 49.8 Å². The summed E-state index contributed by atoms with van der Waals surface area (Å²) in [5, 5.41) is 9.65. The summed E-state index contributed by atoms with van der Waals surface area (Å²) in [5.41, 5.74) is 8.71. The molecule has 194 valence electrons. The molecule has 0 amide bonds. The van der Waals surface area contributed by atoms with Crippen molar-refractivity contribution in [1.82, 2.24) is 0 Å². The molecule has 4 heteroatoms. The van der Waals surface area contributed by atoms with E-state index in [9.17, 15) is 9.90 Å². The number of carbonyl (C=O) groups is 1. The minimum Gasteiger partial charge on any atom is -0.479 e. The molecule has 4 aromatic carbocycles. The van der Waals surface area contributed by atoms with Crippen LogP contribution in [0.1, 0.15) is 40.7 Å². The molecule has 4 nitrogen and oxygen atoms in total. The van der Waals surface area contributed by atoms with E-state index in [1.807, 2.05) is 42.5 Å². The third-order valence-electron chi connectivity index (χ3n) is 7.32. The summed E-state index contributed by atoms with van der Waals surface area (Å²) in [6, 6.07) is 35.6. The summed E-state index contributed by atoms with van der Waals surface area (Å²) in [7, 11) is 0. The molecule has 1 N–H and O–H groups in total. The highest BCUT2D eigenvalue weighted by molar-refractivity contribution is 5.73. The summed E-state index contributed by atoms with van der Waals surface area (Å²) in [6.07, 6.45) is 4.86. The Morgan fingerprint density at radius 1 is 0.737 bits per heavy atom. The molecule has 0 saturated heterocycles. The number of benzene rings is 4. The zero-order valence-corrected chi connectivity index (χ0v) is 21.8. The van der Waals surface area contributed by atoms with Crippen LogP contribution in [0.15, 0.2) is 103 Å². The maximum absolute atomic E-state index is 11.8. The molecule has 0 fully saturated rings. The van der Waals surface area contributed by atoms with E-state index in [-0.39, 0.29) is 0 Å². The van der Waals surface area contributed by atoms with Crippen LogP contribution in [0.3, 0.4) is 0 Å². The van der Waals surface area contributed by atoms with Crippen LogP contribution < -0.4 is 4.90 Å². The maximum Gasteiger partial charge on any atom is 0.333 e. The Bertz CT molecular complexity index is 1290. The third kappa shape index (κ3) is 6.51. The van der Waals surface area contributed by atoms with E-state index in [0.29, 0.717) is 13.0 Å². The third-order valence-corrected chi connectivity index (χ3v) is 7.32. The van der Waals surface area contributed by atoms with Crippen molar-refractivity contribution < 1.29 is 14.6 Å². The van der Waals surface area contributed by atoms with Gasteiger partial charge in [-0.25, -0.2) is 4.79 Å². The quantitative estimate of drug-likeness (QED) is 0.248. The Morgan fingerprint density at radius 3 is 1.95 bits per heavy atom. The van der Waals surface area contributed by atoms with E-state index in [0.717, 1.165) is 43.4 Å². The van der Waals surface area contributed by atoms with Gasteiger partial charge in [-0.05, 0) is 72.1 Å². The lowest BCUT2D eigenvalue weighted by Crippen LogP contribution is -2.26. The summed E-state index contributed by atoms with van der Waals surface area (Å²) in [4.78, 5) is 14.3. The summed E-state index contributed by atoms with van der Waals surface area (Å²) in [5.74, 6) is -0.932. The second-order valence-corrected chi connectivity index (χ2v) is 10.0. The standard InChI is InChI=1S/C34H35NO3/c36-34(37)33(38-25-28-10-2-1-3-11-28)24-27-21-19-26(20-22-27)12-9-23-35-31-17-6-4-13-29(31)15-8-16-30-14-5-7-18-32(30)35/h1-7,10-11,13-14,17-22,33H,8-9,12,15-16,23-25H2,(H,36,37). The van der Waals surface area contributed by atoms with Crippen molar-refractivity contribution in [3.8, 4) is 0 Å². The van der Waals surface area contributed by atoms with E-state index in [2.05, 4.69) is 65.6 Å². The van der Waals surface area contributed by atoms with Crippen molar-refractivity contribution in [2.75, 3.05) is 11.4 Å². The molecule has 1 atom stereocenters. The van der Waals surface area contributed by atoms with E-state index in [4.69, 9.17) is 4.74 Å². The van der Waals surface area contributed by atoms with Gasteiger partial charge in [-0.3, -0.25) is 0 Å². The minimum absolute atomic E-state index is 0.290. The zero-order chi connectivity index (χ0) is 26.2. The first kappa shape index (κ1) is 25.7. The number of rotatable bonds is 10. The van der Waals surface area contributed by atoms with Crippen LogP contribution in [-0.4, -0.2) is 23.7 Å². The summed E-state index contributed by atoms with van der Waals surface area (Å²) in [6.45, 7) is 1.24. The Balaban J connectivity index is 1.21. The number of para-hydroxylation sites is 2. The molecule has 1 unspecified atom stereocenters. The summed E-state index contributed by atoms with van der Waals surface area (Å²) >= 11 is 0. The van der Waals surface area contributed by atoms with E-state index < -0.39 is 12.1 Å². The highest BCUT2D eigenvalue weighted by atomic mass is 16.5. The van der Waals surface area contributed by atoms with Crippen LogP contribution in [-0.2, 0) is 41.8 Å². The summed E-state index contributed by atoms with van der Waals surface area (Å²) < 4.78 is 5.73. The molecule has 0 radical (unpaired) electrons. The molecule has 0 bridgehead atoms. The van der Waals surface area contributed by atoms with Crippen LogP contribution in [0.5, 0.6) is 0 Å². The molecular weight excluding hydrogens is 470 g/mol. The number of nitrogens with zero attached hydrogens (tertiary/aromatic N) is 1. The molecular formula is C34H35NO3. The monoisotopic (exact) mass is 505 g/mol. The molecule has 1 aliphatic heterocycles. The van der Waals surface area contributed by atoms with Gasteiger partial charge in [0.2, 0.25) is 0 Å². The van der Waals surface area contributed by atoms with Gasteiger partial charge in [0.25, 0.3) is 0 Å². The Kier molecular flexibility index (Phi) is 8.52. The lowest BCUT2D eigenvalue weighted by molar-refractivity contribution is -0.151. The fourth-order valence-corrected chi connectivity index (χ4v) is 5.30. The smallest absolute Gasteiger partial charge is 0.333 e. The van der Waals surface area contributed by atoms with Gasteiger partial charge in [-0.15, -0.1) is 0 Å². The molecule has 0 spiro atoms. The van der Waals surface area contributed by atoms with Gasteiger partial charge in [0.15, 0.2) is 6.10 Å². The minimum atomic E-state index is -0.932. The van der Waals surface area contributed by atoms with Gasteiger partial charge in [-0.2, -0.15) is 0 Å². The fraction of sp³-hybridized carbons (Fsp3) is 0.265. The average Bonchev–Trinajstić information content (AvgIpc) is 2.94. The van der Waals surface area contributed by atoms with Gasteiger partial charge >= 0.3 is 5.97 Å². The fourth-order valence-electron chi connectivity index (χ4n) is 5.30. The predicted molar refractivity (Wildman–Crippen MR) is 153 cm³/mol. The molecule has 0 saturated carbocycles. The molecule has 0 aromatic heterocycles. The van der Waals surface area contributed by atoms with Gasteiger partial charge in [0, 0.05) is 24.3 Å². The highest BCUT2D eigenvalue weighted by Gasteiger charge is 2.20. The number of ether oxygens (including phenoxy) is 1. The molecule has 38 heavy (non-hydrogen) atoms. The predicted octanol–water partition coefficient (Wildman–Crippen LogP) is 7.16. The van der Waals surface area contributed by atoms with Crippen LogP contribution in [0.4, 0.5) is 11.4 Å². The number of aliphatic carboxylic acids is 1. The highest BCUT2D eigenvalue weighted by Crippen LogP contribution is 2.35. The van der Waals surface area contributed by atoms with E-state index in [1.54, 1.807) is 0 Å². The first-order valence-corrected chi connectivity index (χ1v) is 13.6. The number of carboxylic acids is 1. The van der Waals surface area contributed by atoms with Crippen LogP contribution in [0, 0.1) is 0 Å². The molecule has 1 aliphatic rings. The number of aryl methyl sites for hydroxylation is 3. The van der Waals surface area contributed by atoms with Crippen molar-refractivity contribution in [2.45, 2.75) is 51.2 Å². The van der Waals surface area contributed by atoms with Crippen LogP contribution in [0.2, 0.25) is 0 Å². The second-order valence-electron chi connectivity index (χ2n) is 10.0. The Morgan fingerprint density at radius 2 is 1.32 bits per heavy atom. The van der Waals surface area contributed by atoms with Crippen molar-refractivity contribution >= 4 is 17.3 Å². The van der Waals surface area contributed by atoms with Crippen molar-refractivity contribution in [1.29, 1.82) is 0 Å². The number of hydrogen-bond donors (Lipinski definition) is 1. The molecule has 4 aromatic rings. The van der Waals surface area contributed by atoms with Gasteiger partial charge in [0.05, 0.1) is 6.61 Å². The Labute approximate surface area is 225 Å². The maximum atomic E-state index is 11.8. The van der Waals surface area contributed by atoms with E-state index in [1.165, 1.54) is 34.5 Å². The SMILES string of the molecule is O=C(O)C(Cc1ccc(CCCN2c3ccccc3CCCc3ccccc32)cc1)OCc1ccccc1. The second kappa shape index (κ2) is 12.6. The lowest BCUT2D eigenvalue weighted by Gasteiger charge is -2.31. The number of anilines is 2. The number of fused-ring (bicyclic) bond motifs is 2. The molecule has 5 rings (SSSR count). The lowest BCUT2D eigenvalue weighted by atomic mass is 9.96. The number of hydrogen-bond acceptors (Lipinski definition) is 3. The van der Waals surface area contributed by atoms with Gasteiger partial charge in [-0.1, -0.05) is 91.0 Å². The van der Waals surface area contributed by atoms with Gasteiger partial charge in [0.1, 0.15) is 0 Å². The first-order valence-electron chi connectivity index (χ1n) is 13.6. The van der Waals surface area contributed by atoms with E-state index >= 15 is 0 Å². The largest absolute Gasteiger partial charge is 0.479 e. The van der Waals surface area contributed by atoms with Crippen LogP contribution >= 0.6 is 0 Å².